The highest BCUT2D eigenvalue weighted by Crippen LogP contribution is 2.14. The molecule has 1 saturated heterocycles. The molecule has 0 aliphatic carbocycles. The third kappa shape index (κ3) is 8.80. The van der Waals surface area contributed by atoms with Crippen LogP contribution in [0.25, 0.3) is 0 Å². The van der Waals surface area contributed by atoms with E-state index in [2.05, 4.69) is 29.5 Å². The van der Waals surface area contributed by atoms with Gasteiger partial charge in [-0.05, 0) is 49.3 Å². The number of hydrogen-bond donors (Lipinski definition) is 2. The van der Waals surface area contributed by atoms with Gasteiger partial charge in [0.15, 0.2) is 5.96 Å². The molecule has 6 heteroatoms. The normalized spacial score (nSPS) is 14.6. The number of halogens is 1. The summed E-state index contributed by atoms with van der Waals surface area (Å²) in [5, 5.41) is 6.71. The van der Waals surface area contributed by atoms with Crippen molar-refractivity contribution in [2.24, 2.45) is 10.9 Å². The van der Waals surface area contributed by atoms with Crippen LogP contribution in [0.2, 0.25) is 0 Å². The van der Waals surface area contributed by atoms with Crippen LogP contribution in [0.4, 0.5) is 0 Å². The number of aliphatic imine (C=N–C) groups is 1. The minimum atomic E-state index is 0. The highest BCUT2D eigenvalue weighted by Gasteiger charge is 2.17. The number of piperidine rings is 1. The maximum absolute atomic E-state index is 12.5. The molecule has 0 bridgehead atoms. The second-order valence-electron chi connectivity index (χ2n) is 7.79. The first-order chi connectivity index (χ1) is 13.1. The molecule has 1 fully saturated rings. The van der Waals surface area contributed by atoms with Crippen molar-refractivity contribution in [1.82, 2.24) is 15.5 Å². The van der Waals surface area contributed by atoms with Crippen molar-refractivity contribution < 1.29 is 4.79 Å². The van der Waals surface area contributed by atoms with E-state index in [1.807, 2.05) is 29.2 Å². The zero-order valence-corrected chi connectivity index (χ0v) is 20.0. The Balaban J connectivity index is 0.00000392. The Labute approximate surface area is 187 Å². The standard InChI is InChI=1S/C22H36N4O.HI/c1-18(2)9-5-6-14-24-22(23-3)25-17-19-10-12-20(13-11-19)21(27)26-15-7-4-8-16-26;/h10-13,18H,4-9,14-17H2,1-3H3,(H2,23,24,25);1H. The second kappa shape index (κ2) is 13.8. The summed E-state index contributed by atoms with van der Waals surface area (Å²) in [6, 6.07) is 7.94. The monoisotopic (exact) mass is 500 g/mol. The summed E-state index contributed by atoms with van der Waals surface area (Å²) in [5.74, 6) is 1.76. The molecule has 1 heterocycles. The Kier molecular flexibility index (Phi) is 12.2. The van der Waals surface area contributed by atoms with Gasteiger partial charge < -0.3 is 15.5 Å². The Morgan fingerprint density at radius 2 is 1.75 bits per heavy atom. The van der Waals surface area contributed by atoms with Gasteiger partial charge in [0.1, 0.15) is 0 Å². The van der Waals surface area contributed by atoms with Gasteiger partial charge in [0.05, 0.1) is 0 Å². The molecular weight excluding hydrogens is 463 g/mol. The zero-order chi connectivity index (χ0) is 19.5. The summed E-state index contributed by atoms with van der Waals surface area (Å²) in [7, 11) is 1.80. The number of carbonyl (C=O) groups excluding carboxylic acids is 1. The molecule has 0 unspecified atom stereocenters. The number of hydrogen-bond acceptors (Lipinski definition) is 2. The number of nitrogens with one attached hydrogen (secondary N) is 2. The van der Waals surface area contributed by atoms with Crippen molar-refractivity contribution in [3.8, 4) is 0 Å². The fourth-order valence-electron chi connectivity index (χ4n) is 3.34. The molecule has 0 aromatic heterocycles. The van der Waals surface area contributed by atoms with Crippen LogP contribution in [-0.2, 0) is 6.54 Å². The molecule has 1 aromatic rings. The highest BCUT2D eigenvalue weighted by molar-refractivity contribution is 14.0. The number of likely N-dealkylation sites (tertiary alicyclic amines) is 1. The van der Waals surface area contributed by atoms with Crippen LogP contribution in [0.15, 0.2) is 29.3 Å². The summed E-state index contributed by atoms with van der Waals surface area (Å²) in [4.78, 5) is 18.8. The predicted molar refractivity (Wildman–Crippen MR) is 129 cm³/mol. The van der Waals surface area contributed by atoms with Gasteiger partial charge in [-0.3, -0.25) is 9.79 Å². The molecule has 1 aromatic carbocycles. The maximum atomic E-state index is 12.5. The number of unbranched alkanes of at least 4 members (excludes halogenated alkanes) is 1. The molecule has 0 radical (unpaired) electrons. The number of rotatable bonds is 8. The molecule has 2 N–H and O–H groups in total. The topological polar surface area (TPSA) is 56.7 Å². The Hall–Kier alpha value is -1.31. The molecule has 28 heavy (non-hydrogen) atoms. The number of carbonyl (C=O) groups is 1. The molecule has 1 aliphatic heterocycles. The first kappa shape index (κ1) is 24.7. The summed E-state index contributed by atoms with van der Waals surface area (Å²) in [5.41, 5.74) is 1.93. The van der Waals surface area contributed by atoms with E-state index >= 15 is 0 Å². The van der Waals surface area contributed by atoms with E-state index < -0.39 is 0 Å². The quantitative estimate of drug-likeness (QED) is 0.241. The molecule has 158 valence electrons. The van der Waals surface area contributed by atoms with Gasteiger partial charge in [0.25, 0.3) is 5.91 Å². The first-order valence-corrected chi connectivity index (χ1v) is 10.4. The summed E-state index contributed by atoms with van der Waals surface area (Å²) >= 11 is 0. The van der Waals surface area contributed by atoms with E-state index in [1.165, 1.54) is 19.3 Å². The molecule has 1 amide bonds. The van der Waals surface area contributed by atoms with Crippen LogP contribution < -0.4 is 10.6 Å². The third-order valence-corrected chi connectivity index (χ3v) is 5.03. The van der Waals surface area contributed by atoms with Crippen LogP contribution in [0, 0.1) is 5.92 Å². The van der Waals surface area contributed by atoms with E-state index in [-0.39, 0.29) is 29.9 Å². The molecule has 1 aliphatic rings. The van der Waals surface area contributed by atoms with E-state index in [0.29, 0.717) is 6.54 Å². The van der Waals surface area contributed by atoms with E-state index in [1.54, 1.807) is 7.05 Å². The molecule has 0 atom stereocenters. The lowest BCUT2D eigenvalue weighted by molar-refractivity contribution is 0.0724. The number of benzene rings is 1. The Morgan fingerprint density at radius 3 is 2.36 bits per heavy atom. The fourth-order valence-corrected chi connectivity index (χ4v) is 3.34. The van der Waals surface area contributed by atoms with Gasteiger partial charge in [0, 0.05) is 38.8 Å². The van der Waals surface area contributed by atoms with Crippen molar-refractivity contribution in [3.05, 3.63) is 35.4 Å². The minimum absolute atomic E-state index is 0. The number of guanidine groups is 1. The average Bonchev–Trinajstić information content (AvgIpc) is 2.70. The van der Waals surface area contributed by atoms with Gasteiger partial charge in [-0.15, -0.1) is 24.0 Å². The van der Waals surface area contributed by atoms with Gasteiger partial charge in [-0.2, -0.15) is 0 Å². The van der Waals surface area contributed by atoms with Crippen molar-refractivity contribution in [1.29, 1.82) is 0 Å². The van der Waals surface area contributed by atoms with Crippen molar-refractivity contribution in [2.45, 2.75) is 58.9 Å². The largest absolute Gasteiger partial charge is 0.356 e. The molecule has 2 rings (SSSR count). The molecule has 0 saturated carbocycles. The Morgan fingerprint density at radius 1 is 1.07 bits per heavy atom. The summed E-state index contributed by atoms with van der Waals surface area (Å²) < 4.78 is 0. The maximum Gasteiger partial charge on any atom is 0.253 e. The van der Waals surface area contributed by atoms with Gasteiger partial charge in [-0.25, -0.2) is 0 Å². The number of amides is 1. The zero-order valence-electron chi connectivity index (χ0n) is 17.7. The van der Waals surface area contributed by atoms with E-state index in [9.17, 15) is 4.79 Å². The van der Waals surface area contributed by atoms with Crippen LogP contribution in [-0.4, -0.2) is 43.4 Å². The van der Waals surface area contributed by atoms with Gasteiger partial charge >= 0.3 is 0 Å². The van der Waals surface area contributed by atoms with Gasteiger partial charge in [-0.1, -0.05) is 38.8 Å². The smallest absolute Gasteiger partial charge is 0.253 e. The van der Waals surface area contributed by atoms with Crippen molar-refractivity contribution in [3.63, 3.8) is 0 Å². The van der Waals surface area contributed by atoms with Crippen LogP contribution in [0.1, 0.15) is 68.3 Å². The minimum Gasteiger partial charge on any atom is -0.356 e. The van der Waals surface area contributed by atoms with E-state index in [0.717, 1.165) is 61.9 Å². The van der Waals surface area contributed by atoms with E-state index in [4.69, 9.17) is 0 Å². The number of nitrogens with zero attached hydrogens (tertiary/aromatic N) is 2. The molecule has 5 nitrogen and oxygen atoms in total. The summed E-state index contributed by atoms with van der Waals surface area (Å²) in [6.07, 6.45) is 7.16. The Bertz CT molecular complexity index is 595. The average molecular weight is 500 g/mol. The fraction of sp³-hybridized carbons (Fsp3) is 0.636. The second-order valence-corrected chi connectivity index (χ2v) is 7.79. The SMILES string of the molecule is CN=C(NCCCCC(C)C)NCc1ccc(C(=O)N2CCCCC2)cc1.I. The molecule has 0 spiro atoms. The first-order valence-electron chi connectivity index (χ1n) is 10.4. The summed E-state index contributed by atoms with van der Waals surface area (Å²) in [6.45, 7) is 7.95. The van der Waals surface area contributed by atoms with Crippen molar-refractivity contribution in [2.75, 3.05) is 26.7 Å². The van der Waals surface area contributed by atoms with Gasteiger partial charge in [0.2, 0.25) is 0 Å². The van der Waals surface area contributed by atoms with Crippen LogP contribution in [0.3, 0.4) is 0 Å². The lowest BCUT2D eigenvalue weighted by Crippen LogP contribution is -2.37. The van der Waals surface area contributed by atoms with Crippen molar-refractivity contribution >= 4 is 35.8 Å². The third-order valence-electron chi connectivity index (χ3n) is 5.03. The highest BCUT2D eigenvalue weighted by atomic mass is 127. The lowest BCUT2D eigenvalue weighted by atomic mass is 10.1. The van der Waals surface area contributed by atoms with Crippen LogP contribution >= 0.6 is 24.0 Å². The molecular formula is C22H37IN4O. The predicted octanol–water partition coefficient (Wildman–Crippen LogP) is 4.42. The van der Waals surface area contributed by atoms with Crippen LogP contribution in [0.5, 0.6) is 0 Å². The lowest BCUT2D eigenvalue weighted by Gasteiger charge is -2.26.